The van der Waals surface area contributed by atoms with E-state index in [0.717, 1.165) is 24.8 Å². The Morgan fingerprint density at radius 3 is 2.91 bits per heavy atom. The Morgan fingerprint density at radius 2 is 2.18 bits per heavy atom. The average molecular weight is 323 g/mol. The predicted octanol–water partition coefficient (Wildman–Crippen LogP) is 2.01. The maximum atomic E-state index is 12.3. The Hall–Kier alpha value is -1.85. The van der Waals surface area contributed by atoms with Gasteiger partial charge < -0.3 is 15.1 Å². The third kappa shape index (κ3) is 3.15. The SMILES string of the molecule is Cc1c(C(=O)NCC2CCCN2)c(=O)oc2ccccc12.Cl. The Labute approximate surface area is 134 Å². The number of fused-ring (bicyclic) bond motifs is 1. The van der Waals surface area contributed by atoms with E-state index in [1.54, 1.807) is 19.1 Å². The van der Waals surface area contributed by atoms with E-state index in [0.29, 0.717) is 23.7 Å². The summed E-state index contributed by atoms with van der Waals surface area (Å²) in [6.45, 7) is 3.30. The van der Waals surface area contributed by atoms with Crippen molar-refractivity contribution in [2.45, 2.75) is 25.8 Å². The molecule has 6 heteroatoms. The number of hydrogen-bond acceptors (Lipinski definition) is 4. The Balaban J connectivity index is 0.00000176. The third-order valence-electron chi connectivity index (χ3n) is 3.97. The van der Waals surface area contributed by atoms with Gasteiger partial charge in [0.15, 0.2) is 0 Å². The minimum Gasteiger partial charge on any atom is -0.422 e. The van der Waals surface area contributed by atoms with Crippen LogP contribution in [0.25, 0.3) is 11.0 Å². The van der Waals surface area contributed by atoms with Crippen molar-refractivity contribution in [1.29, 1.82) is 0 Å². The van der Waals surface area contributed by atoms with Crippen molar-refractivity contribution in [3.8, 4) is 0 Å². The van der Waals surface area contributed by atoms with Crippen molar-refractivity contribution in [3.05, 3.63) is 45.8 Å². The normalized spacial score (nSPS) is 17.2. The summed E-state index contributed by atoms with van der Waals surface area (Å²) in [5.74, 6) is -0.360. The molecule has 22 heavy (non-hydrogen) atoms. The van der Waals surface area contributed by atoms with Gasteiger partial charge in [0.25, 0.3) is 5.91 Å². The van der Waals surface area contributed by atoms with Gasteiger partial charge >= 0.3 is 5.63 Å². The van der Waals surface area contributed by atoms with Crippen LogP contribution in [0.5, 0.6) is 0 Å². The largest absolute Gasteiger partial charge is 0.422 e. The fourth-order valence-electron chi connectivity index (χ4n) is 2.80. The average Bonchev–Trinajstić information content (AvgIpc) is 2.98. The highest BCUT2D eigenvalue weighted by Gasteiger charge is 2.20. The number of para-hydroxylation sites is 1. The van der Waals surface area contributed by atoms with Crippen molar-refractivity contribution >= 4 is 29.3 Å². The van der Waals surface area contributed by atoms with Crippen LogP contribution in [-0.4, -0.2) is 25.0 Å². The van der Waals surface area contributed by atoms with Gasteiger partial charge in [-0.2, -0.15) is 0 Å². The number of amides is 1. The molecule has 0 bridgehead atoms. The van der Waals surface area contributed by atoms with Gasteiger partial charge in [0, 0.05) is 18.0 Å². The number of aryl methyl sites for hydroxylation is 1. The Bertz CT molecular complexity index is 736. The van der Waals surface area contributed by atoms with E-state index < -0.39 is 5.63 Å². The van der Waals surface area contributed by atoms with E-state index in [4.69, 9.17) is 4.42 Å². The van der Waals surface area contributed by atoms with Crippen LogP contribution in [0.2, 0.25) is 0 Å². The first-order valence-electron chi connectivity index (χ1n) is 7.21. The lowest BCUT2D eigenvalue weighted by molar-refractivity contribution is 0.0946. The van der Waals surface area contributed by atoms with Crippen LogP contribution in [0.4, 0.5) is 0 Å². The molecule has 5 nitrogen and oxygen atoms in total. The maximum Gasteiger partial charge on any atom is 0.349 e. The molecule has 1 aliphatic rings. The van der Waals surface area contributed by atoms with Crippen LogP contribution < -0.4 is 16.3 Å². The second kappa shape index (κ2) is 6.94. The molecule has 0 aliphatic carbocycles. The van der Waals surface area contributed by atoms with Crippen molar-refractivity contribution in [1.82, 2.24) is 10.6 Å². The molecule has 2 aromatic rings. The topological polar surface area (TPSA) is 71.3 Å². The molecule has 2 heterocycles. The molecule has 1 unspecified atom stereocenters. The second-order valence-electron chi connectivity index (χ2n) is 5.39. The zero-order chi connectivity index (χ0) is 14.8. The van der Waals surface area contributed by atoms with Crippen LogP contribution in [0, 0.1) is 6.92 Å². The number of carbonyl (C=O) groups is 1. The van der Waals surface area contributed by atoms with E-state index in [2.05, 4.69) is 10.6 Å². The van der Waals surface area contributed by atoms with Crippen molar-refractivity contribution in [2.75, 3.05) is 13.1 Å². The molecule has 1 fully saturated rings. The summed E-state index contributed by atoms with van der Waals surface area (Å²) in [6, 6.07) is 7.54. The lowest BCUT2D eigenvalue weighted by atomic mass is 10.1. The van der Waals surface area contributed by atoms with Gasteiger partial charge in [0.05, 0.1) is 0 Å². The number of nitrogens with one attached hydrogen (secondary N) is 2. The molecule has 1 aromatic heterocycles. The number of carbonyl (C=O) groups excluding carboxylic acids is 1. The molecule has 0 radical (unpaired) electrons. The van der Waals surface area contributed by atoms with E-state index in [1.807, 2.05) is 12.1 Å². The molecular formula is C16H19ClN2O3. The molecule has 1 aliphatic heterocycles. The van der Waals surface area contributed by atoms with Gasteiger partial charge in [-0.1, -0.05) is 18.2 Å². The van der Waals surface area contributed by atoms with E-state index in [9.17, 15) is 9.59 Å². The zero-order valence-corrected chi connectivity index (χ0v) is 13.2. The molecule has 2 N–H and O–H groups in total. The first-order chi connectivity index (χ1) is 10.2. The Morgan fingerprint density at radius 1 is 1.41 bits per heavy atom. The van der Waals surface area contributed by atoms with Crippen LogP contribution in [-0.2, 0) is 0 Å². The molecular weight excluding hydrogens is 304 g/mol. The van der Waals surface area contributed by atoms with E-state index >= 15 is 0 Å². The predicted molar refractivity (Wildman–Crippen MR) is 87.8 cm³/mol. The summed E-state index contributed by atoms with van der Waals surface area (Å²) in [7, 11) is 0. The first-order valence-corrected chi connectivity index (χ1v) is 7.21. The lowest BCUT2D eigenvalue weighted by Crippen LogP contribution is -2.39. The van der Waals surface area contributed by atoms with Crippen molar-refractivity contribution in [3.63, 3.8) is 0 Å². The summed E-state index contributed by atoms with van der Waals surface area (Å²) < 4.78 is 5.23. The summed E-state index contributed by atoms with van der Waals surface area (Å²) in [5, 5.41) is 6.92. The van der Waals surface area contributed by atoms with Gasteiger partial charge in [-0.05, 0) is 37.9 Å². The van der Waals surface area contributed by atoms with Gasteiger partial charge in [-0.3, -0.25) is 4.79 Å². The monoisotopic (exact) mass is 322 g/mol. The second-order valence-corrected chi connectivity index (χ2v) is 5.39. The standard InChI is InChI=1S/C16H18N2O3.ClH/c1-10-12-6-2-3-7-13(12)21-16(20)14(10)15(19)18-9-11-5-4-8-17-11;/h2-3,6-7,11,17H,4-5,8-9H2,1H3,(H,18,19);1H. The molecule has 1 amide bonds. The first kappa shape index (κ1) is 16.5. The maximum absolute atomic E-state index is 12.3. The van der Waals surface area contributed by atoms with Gasteiger partial charge in [0.2, 0.25) is 0 Å². The molecule has 1 atom stereocenters. The fourth-order valence-corrected chi connectivity index (χ4v) is 2.80. The Kier molecular flexibility index (Phi) is 5.21. The molecule has 1 saturated heterocycles. The summed E-state index contributed by atoms with van der Waals surface area (Å²) in [4.78, 5) is 24.3. The van der Waals surface area contributed by atoms with E-state index in [1.165, 1.54) is 0 Å². The van der Waals surface area contributed by atoms with Gasteiger partial charge in [-0.15, -0.1) is 12.4 Å². The third-order valence-corrected chi connectivity index (χ3v) is 3.97. The summed E-state index contributed by atoms with van der Waals surface area (Å²) in [6.07, 6.45) is 2.17. The van der Waals surface area contributed by atoms with Crippen LogP contribution in [0.15, 0.2) is 33.5 Å². The number of halogens is 1. The van der Waals surface area contributed by atoms with Crippen molar-refractivity contribution in [2.24, 2.45) is 0 Å². The summed E-state index contributed by atoms with van der Waals surface area (Å²) in [5.41, 5.74) is 0.697. The minimum atomic E-state index is -0.580. The van der Waals surface area contributed by atoms with Crippen LogP contribution >= 0.6 is 12.4 Å². The van der Waals surface area contributed by atoms with Gasteiger partial charge in [0.1, 0.15) is 11.1 Å². The van der Waals surface area contributed by atoms with Gasteiger partial charge in [-0.25, -0.2) is 4.79 Å². The highest BCUT2D eigenvalue weighted by molar-refractivity contribution is 5.99. The fraction of sp³-hybridized carbons (Fsp3) is 0.375. The highest BCUT2D eigenvalue weighted by atomic mass is 35.5. The quantitative estimate of drug-likeness (QED) is 0.848. The number of hydrogen-bond donors (Lipinski definition) is 2. The number of rotatable bonds is 3. The molecule has 1 aromatic carbocycles. The van der Waals surface area contributed by atoms with Crippen molar-refractivity contribution < 1.29 is 9.21 Å². The molecule has 3 rings (SSSR count). The lowest BCUT2D eigenvalue weighted by Gasteiger charge is -2.12. The summed E-state index contributed by atoms with van der Waals surface area (Å²) >= 11 is 0. The van der Waals surface area contributed by atoms with E-state index in [-0.39, 0.29) is 23.9 Å². The zero-order valence-electron chi connectivity index (χ0n) is 12.3. The minimum absolute atomic E-state index is 0. The van der Waals surface area contributed by atoms with Crippen LogP contribution in [0.1, 0.15) is 28.8 Å². The molecule has 118 valence electrons. The van der Waals surface area contributed by atoms with Crippen LogP contribution in [0.3, 0.4) is 0 Å². The molecule has 0 spiro atoms. The molecule has 0 saturated carbocycles. The number of benzene rings is 1. The smallest absolute Gasteiger partial charge is 0.349 e. The highest BCUT2D eigenvalue weighted by Crippen LogP contribution is 2.18.